The third-order valence-corrected chi connectivity index (χ3v) is 2.03. The fourth-order valence-corrected chi connectivity index (χ4v) is 1.32. The standard InChI is InChI=1S/C11H12N4/c12-5-3-10-4-7-14-11(15-10)9-2-1-6-13-8-9/h1-2,4,6-8H,3,5,12H2. The molecule has 0 aliphatic heterocycles. The van der Waals surface area contributed by atoms with Crippen molar-refractivity contribution in [1.82, 2.24) is 15.0 Å². The molecular formula is C11H12N4. The van der Waals surface area contributed by atoms with Crippen LogP contribution in [0, 0.1) is 0 Å². The van der Waals surface area contributed by atoms with Crippen LogP contribution in [0.25, 0.3) is 11.4 Å². The van der Waals surface area contributed by atoms with Crippen LogP contribution < -0.4 is 5.73 Å². The lowest BCUT2D eigenvalue weighted by atomic mass is 10.2. The number of aromatic nitrogens is 3. The second kappa shape index (κ2) is 4.61. The highest BCUT2D eigenvalue weighted by molar-refractivity contribution is 5.52. The van der Waals surface area contributed by atoms with Gasteiger partial charge >= 0.3 is 0 Å². The Labute approximate surface area is 88.2 Å². The summed E-state index contributed by atoms with van der Waals surface area (Å²) >= 11 is 0. The Balaban J connectivity index is 2.33. The average Bonchev–Trinajstić information content (AvgIpc) is 2.31. The smallest absolute Gasteiger partial charge is 0.160 e. The normalized spacial score (nSPS) is 10.2. The van der Waals surface area contributed by atoms with Gasteiger partial charge in [-0.1, -0.05) is 0 Å². The van der Waals surface area contributed by atoms with Crippen LogP contribution in [0.1, 0.15) is 5.69 Å². The van der Waals surface area contributed by atoms with Crippen molar-refractivity contribution in [2.75, 3.05) is 6.54 Å². The van der Waals surface area contributed by atoms with E-state index in [0.29, 0.717) is 12.4 Å². The van der Waals surface area contributed by atoms with Crippen LogP contribution in [0.3, 0.4) is 0 Å². The molecule has 2 aromatic rings. The second-order valence-electron chi connectivity index (χ2n) is 3.15. The van der Waals surface area contributed by atoms with Gasteiger partial charge in [0.2, 0.25) is 0 Å². The van der Waals surface area contributed by atoms with Crippen molar-refractivity contribution in [2.24, 2.45) is 5.73 Å². The highest BCUT2D eigenvalue weighted by Crippen LogP contribution is 2.12. The maximum absolute atomic E-state index is 5.48. The van der Waals surface area contributed by atoms with E-state index in [-0.39, 0.29) is 0 Å². The average molecular weight is 200 g/mol. The maximum atomic E-state index is 5.48. The molecule has 15 heavy (non-hydrogen) atoms. The molecule has 0 unspecified atom stereocenters. The van der Waals surface area contributed by atoms with Gasteiger partial charge in [0.05, 0.1) is 0 Å². The van der Waals surface area contributed by atoms with Gasteiger partial charge in [0.15, 0.2) is 5.82 Å². The van der Waals surface area contributed by atoms with Crippen molar-refractivity contribution in [3.63, 3.8) is 0 Å². The second-order valence-corrected chi connectivity index (χ2v) is 3.15. The molecule has 0 aliphatic carbocycles. The van der Waals surface area contributed by atoms with E-state index in [1.807, 2.05) is 18.2 Å². The first kappa shape index (κ1) is 9.73. The lowest BCUT2D eigenvalue weighted by Gasteiger charge is -2.01. The third-order valence-electron chi connectivity index (χ3n) is 2.03. The van der Waals surface area contributed by atoms with Gasteiger partial charge in [0, 0.05) is 36.3 Å². The number of hydrogen-bond donors (Lipinski definition) is 1. The molecule has 0 saturated carbocycles. The summed E-state index contributed by atoms with van der Waals surface area (Å²) in [4.78, 5) is 12.6. The van der Waals surface area contributed by atoms with E-state index >= 15 is 0 Å². The van der Waals surface area contributed by atoms with Gasteiger partial charge in [-0.05, 0) is 24.7 Å². The van der Waals surface area contributed by atoms with E-state index in [1.165, 1.54) is 0 Å². The Morgan fingerprint density at radius 3 is 2.87 bits per heavy atom. The fourth-order valence-electron chi connectivity index (χ4n) is 1.32. The Bertz CT molecular complexity index is 428. The SMILES string of the molecule is NCCc1ccnc(-c2cccnc2)n1. The van der Waals surface area contributed by atoms with Gasteiger partial charge in [-0.3, -0.25) is 4.98 Å². The number of rotatable bonds is 3. The van der Waals surface area contributed by atoms with E-state index in [1.54, 1.807) is 18.6 Å². The van der Waals surface area contributed by atoms with Crippen molar-refractivity contribution in [2.45, 2.75) is 6.42 Å². The summed E-state index contributed by atoms with van der Waals surface area (Å²) in [5.41, 5.74) is 7.37. The molecule has 0 aromatic carbocycles. The lowest BCUT2D eigenvalue weighted by molar-refractivity contribution is 0.912. The molecule has 2 heterocycles. The fraction of sp³-hybridized carbons (Fsp3) is 0.182. The van der Waals surface area contributed by atoms with Crippen LogP contribution in [-0.4, -0.2) is 21.5 Å². The summed E-state index contributed by atoms with van der Waals surface area (Å²) < 4.78 is 0. The van der Waals surface area contributed by atoms with E-state index in [9.17, 15) is 0 Å². The number of hydrogen-bond acceptors (Lipinski definition) is 4. The first-order valence-electron chi connectivity index (χ1n) is 4.82. The van der Waals surface area contributed by atoms with Gasteiger partial charge < -0.3 is 5.73 Å². The molecule has 0 atom stereocenters. The molecule has 4 nitrogen and oxygen atoms in total. The Morgan fingerprint density at radius 1 is 1.20 bits per heavy atom. The van der Waals surface area contributed by atoms with E-state index in [0.717, 1.165) is 17.7 Å². The topological polar surface area (TPSA) is 64.7 Å². The molecule has 0 radical (unpaired) electrons. The van der Waals surface area contributed by atoms with Crippen molar-refractivity contribution < 1.29 is 0 Å². The molecule has 0 amide bonds. The largest absolute Gasteiger partial charge is 0.330 e. The summed E-state index contributed by atoms with van der Waals surface area (Å²) in [5, 5.41) is 0. The Hall–Kier alpha value is -1.81. The number of pyridine rings is 1. The zero-order valence-electron chi connectivity index (χ0n) is 8.30. The van der Waals surface area contributed by atoms with Crippen LogP contribution in [0.5, 0.6) is 0 Å². The summed E-state index contributed by atoms with van der Waals surface area (Å²) in [6.07, 6.45) is 6.00. The maximum Gasteiger partial charge on any atom is 0.160 e. The van der Waals surface area contributed by atoms with Crippen molar-refractivity contribution in [3.8, 4) is 11.4 Å². The first-order chi connectivity index (χ1) is 7.40. The van der Waals surface area contributed by atoms with Crippen molar-refractivity contribution in [3.05, 3.63) is 42.5 Å². The van der Waals surface area contributed by atoms with Crippen LogP contribution in [0.2, 0.25) is 0 Å². The Kier molecular flexibility index (Phi) is 2.99. The van der Waals surface area contributed by atoms with Gasteiger partial charge in [-0.25, -0.2) is 9.97 Å². The third kappa shape index (κ3) is 2.35. The molecule has 0 bridgehead atoms. The van der Waals surface area contributed by atoms with Crippen LogP contribution in [0.15, 0.2) is 36.8 Å². The van der Waals surface area contributed by atoms with E-state index in [4.69, 9.17) is 5.73 Å². The summed E-state index contributed by atoms with van der Waals surface area (Å²) in [6, 6.07) is 5.69. The Morgan fingerprint density at radius 2 is 2.13 bits per heavy atom. The first-order valence-corrected chi connectivity index (χ1v) is 4.82. The molecule has 0 spiro atoms. The molecule has 76 valence electrons. The highest BCUT2D eigenvalue weighted by Gasteiger charge is 2.01. The minimum absolute atomic E-state index is 0.601. The highest BCUT2D eigenvalue weighted by atomic mass is 14.9. The van der Waals surface area contributed by atoms with E-state index in [2.05, 4.69) is 15.0 Å². The molecule has 0 fully saturated rings. The van der Waals surface area contributed by atoms with Crippen molar-refractivity contribution in [1.29, 1.82) is 0 Å². The van der Waals surface area contributed by atoms with Crippen molar-refractivity contribution >= 4 is 0 Å². The molecule has 2 aromatic heterocycles. The van der Waals surface area contributed by atoms with Gasteiger partial charge in [-0.2, -0.15) is 0 Å². The predicted molar refractivity (Wildman–Crippen MR) is 58.0 cm³/mol. The number of nitrogens with two attached hydrogens (primary N) is 1. The minimum Gasteiger partial charge on any atom is -0.330 e. The molecule has 0 saturated heterocycles. The summed E-state index contributed by atoms with van der Waals surface area (Å²) in [5.74, 6) is 0.703. The molecule has 2 N–H and O–H groups in total. The summed E-state index contributed by atoms with van der Waals surface area (Å²) in [6.45, 7) is 0.601. The quantitative estimate of drug-likeness (QED) is 0.804. The van der Waals surface area contributed by atoms with Crippen LogP contribution in [-0.2, 0) is 6.42 Å². The molecule has 0 aliphatic rings. The lowest BCUT2D eigenvalue weighted by Crippen LogP contribution is -2.05. The molecule has 4 heteroatoms. The van der Waals surface area contributed by atoms with Crippen LogP contribution >= 0.6 is 0 Å². The predicted octanol–water partition coefficient (Wildman–Crippen LogP) is 1.04. The monoisotopic (exact) mass is 200 g/mol. The van der Waals surface area contributed by atoms with Gasteiger partial charge in [-0.15, -0.1) is 0 Å². The zero-order chi connectivity index (χ0) is 10.5. The number of nitrogens with zero attached hydrogens (tertiary/aromatic N) is 3. The molecule has 2 rings (SSSR count). The molecular weight excluding hydrogens is 188 g/mol. The van der Waals surface area contributed by atoms with Crippen LogP contribution in [0.4, 0.5) is 0 Å². The minimum atomic E-state index is 0.601. The zero-order valence-corrected chi connectivity index (χ0v) is 8.30. The summed E-state index contributed by atoms with van der Waals surface area (Å²) in [7, 11) is 0. The van der Waals surface area contributed by atoms with Gasteiger partial charge in [0.1, 0.15) is 0 Å². The van der Waals surface area contributed by atoms with Gasteiger partial charge in [0.25, 0.3) is 0 Å². The van der Waals surface area contributed by atoms with E-state index < -0.39 is 0 Å².